The first-order valence-electron chi connectivity index (χ1n) is 8.79. The molecule has 0 radical (unpaired) electrons. The first-order valence-corrected chi connectivity index (χ1v) is 9.17. The summed E-state index contributed by atoms with van der Waals surface area (Å²) in [6, 6.07) is 9.26. The molecule has 2 aromatic carbocycles. The fourth-order valence-electron chi connectivity index (χ4n) is 2.49. The Morgan fingerprint density at radius 1 is 1.00 bits per heavy atom. The Morgan fingerprint density at radius 2 is 1.56 bits per heavy atom. The number of benzene rings is 2. The number of nitrogens with two attached hydrogens (primary N) is 1. The second-order valence-electron chi connectivity index (χ2n) is 6.49. The summed E-state index contributed by atoms with van der Waals surface area (Å²) in [5.41, 5.74) is 6.03. The predicted molar refractivity (Wildman–Crippen MR) is 108 cm³/mol. The van der Waals surface area contributed by atoms with Gasteiger partial charge in [0.2, 0.25) is 6.10 Å². The Kier molecular flexibility index (Phi) is 7.74. The zero-order valence-corrected chi connectivity index (χ0v) is 17.2. The van der Waals surface area contributed by atoms with Crippen LogP contribution in [0.1, 0.15) is 16.7 Å². The number of anilines is 1. The Morgan fingerprint density at radius 3 is 2.03 bits per heavy atom. The number of rotatable bonds is 1. The molecule has 0 bridgehead atoms. The quantitative estimate of drug-likeness (QED) is 0.292. The summed E-state index contributed by atoms with van der Waals surface area (Å²) in [6.07, 6.45) is -11.7. The van der Waals surface area contributed by atoms with E-state index in [-0.39, 0.29) is 21.9 Å². The highest BCUT2D eigenvalue weighted by atomic mass is 35.5. The third kappa shape index (κ3) is 6.82. The molecule has 1 aliphatic rings. The van der Waals surface area contributed by atoms with Gasteiger partial charge in [-0.15, -0.1) is 0 Å². The molecule has 0 saturated heterocycles. The van der Waals surface area contributed by atoms with Crippen molar-refractivity contribution in [1.82, 2.24) is 0 Å². The normalized spacial score (nSPS) is 14.8. The molecule has 180 valence electrons. The van der Waals surface area contributed by atoms with E-state index in [2.05, 4.69) is 11.8 Å². The molecule has 0 aliphatic carbocycles. The molecule has 1 atom stereocenters. The van der Waals surface area contributed by atoms with Crippen molar-refractivity contribution in [2.45, 2.75) is 18.5 Å². The molecule has 1 unspecified atom stereocenters. The number of hydrogen-bond donors (Lipinski definition) is 3. The Hall–Kier alpha value is -3.85. The molecule has 0 fully saturated rings. The van der Waals surface area contributed by atoms with E-state index in [1.165, 1.54) is 12.1 Å². The average Bonchev–Trinajstić information content (AvgIpc) is 2.71. The topological polar surface area (TPSA) is 110 Å². The molecule has 1 aliphatic heterocycles. The van der Waals surface area contributed by atoms with Gasteiger partial charge in [0.1, 0.15) is 5.75 Å². The monoisotopic (exact) mass is 507 g/mol. The van der Waals surface area contributed by atoms with Crippen LogP contribution in [0, 0.1) is 11.8 Å². The minimum absolute atomic E-state index is 0.113. The summed E-state index contributed by atoms with van der Waals surface area (Å²) in [5.74, 6) is 0.859. The molecule has 1 heterocycles. The number of alkyl halides is 6. The number of aliphatic carboxylic acids is 2. The van der Waals surface area contributed by atoms with E-state index in [1.807, 2.05) is 0 Å². The van der Waals surface area contributed by atoms with Crippen LogP contribution in [-0.4, -0.2) is 40.6 Å². The summed E-state index contributed by atoms with van der Waals surface area (Å²) in [6.45, 7) is 0. The molecule has 34 heavy (non-hydrogen) atoms. The van der Waals surface area contributed by atoms with Crippen molar-refractivity contribution in [3.05, 3.63) is 63.7 Å². The van der Waals surface area contributed by atoms with E-state index >= 15 is 0 Å². The largest absolute Gasteiger partial charge is 0.490 e. The third-order valence-corrected chi connectivity index (χ3v) is 4.17. The second kappa shape index (κ2) is 9.96. The maximum atomic E-state index is 13.2. The standard InChI is InChI=1S/C19H11ClF3NO3.C2HF3O2/c20-13-7-11(4-1-10-2-5-14(24)6-3-10)16-12(8-13)9-15(18(25)26)17(27-16)19(21,22)23;3-2(4,5)1(6)7/h2-3,5-9,17H,24H2,(H,25,26);(H,6,7). The lowest BCUT2D eigenvalue weighted by Crippen LogP contribution is -2.40. The van der Waals surface area contributed by atoms with Crippen molar-refractivity contribution in [2.24, 2.45) is 0 Å². The van der Waals surface area contributed by atoms with E-state index in [0.29, 0.717) is 11.3 Å². The second-order valence-corrected chi connectivity index (χ2v) is 6.93. The van der Waals surface area contributed by atoms with Crippen LogP contribution >= 0.6 is 11.6 Å². The van der Waals surface area contributed by atoms with Gasteiger partial charge in [0.05, 0.1) is 11.1 Å². The van der Waals surface area contributed by atoms with Crippen LogP contribution in [0.4, 0.5) is 32.0 Å². The van der Waals surface area contributed by atoms with Gasteiger partial charge >= 0.3 is 24.3 Å². The number of ether oxygens (including phenoxy) is 1. The fraction of sp³-hybridized carbons (Fsp3) is 0.143. The maximum absolute atomic E-state index is 13.2. The van der Waals surface area contributed by atoms with Crippen LogP contribution in [0.25, 0.3) is 6.08 Å². The molecule has 6 nitrogen and oxygen atoms in total. The molecule has 0 aromatic heterocycles. The fourth-order valence-corrected chi connectivity index (χ4v) is 2.72. The van der Waals surface area contributed by atoms with E-state index < -0.39 is 36.0 Å². The van der Waals surface area contributed by atoms with Crippen molar-refractivity contribution in [1.29, 1.82) is 0 Å². The lowest BCUT2D eigenvalue weighted by atomic mass is 9.98. The van der Waals surface area contributed by atoms with Gasteiger partial charge in [-0.1, -0.05) is 23.4 Å². The maximum Gasteiger partial charge on any atom is 0.490 e. The molecule has 0 saturated carbocycles. The van der Waals surface area contributed by atoms with Crippen LogP contribution < -0.4 is 10.5 Å². The Labute approximate surface area is 192 Å². The minimum Gasteiger partial charge on any atom is -0.478 e. The summed E-state index contributed by atoms with van der Waals surface area (Å²) in [5, 5.41) is 16.4. The average molecular weight is 508 g/mol. The molecule has 2 aromatic rings. The summed E-state index contributed by atoms with van der Waals surface area (Å²) in [4.78, 5) is 20.1. The van der Waals surface area contributed by atoms with Gasteiger partial charge in [-0.25, -0.2) is 9.59 Å². The summed E-state index contributed by atoms with van der Waals surface area (Å²) in [7, 11) is 0. The van der Waals surface area contributed by atoms with Crippen LogP contribution in [0.2, 0.25) is 5.02 Å². The summed E-state index contributed by atoms with van der Waals surface area (Å²) >= 11 is 6.00. The Bertz CT molecular complexity index is 1190. The van der Waals surface area contributed by atoms with E-state index in [0.717, 1.165) is 6.08 Å². The highest BCUT2D eigenvalue weighted by Crippen LogP contribution is 2.40. The molecular formula is C21H12ClF6NO5. The molecule has 13 heteroatoms. The zero-order chi connectivity index (χ0) is 25.8. The molecule has 3 rings (SSSR count). The lowest BCUT2D eigenvalue weighted by molar-refractivity contribution is -0.192. The van der Waals surface area contributed by atoms with Crippen molar-refractivity contribution in [3.63, 3.8) is 0 Å². The van der Waals surface area contributed by atoms with Gasteiger partial charge < -0.3 is 20.7 Å². The first-order chi connectivity index (χ1) is 15.6. The molecule has 0 amide bonds. The van der Waals surface area contributed by atoms with Crippen LogP contribution in [0.3, 0.4) is 0 Å². The highest BCUT2D eigenvalue weighted by Gasteiger charge is 2.48. The predicted octanol–water partition coefficient (Wildman–Crippen LogP) is 4.75. The third-order valence-electron chi connectivity index (χ3n) is 3.95. The van der Waals surface area contributed by atoms with Gasteiger partial charge in [0.25, 0.3) is 0 Å². The van der Waals surface area contributed by atoms with Crippen LogP contribution in [-0.2, 0) is 9.59 Å². The Balaban J connectivity index is 0.000000509. The SMILES string of the molecule is Nc1ccc(C#Cc2cc(Cl)cc3c2OC(C(F)(F)F)C(C(=O)O)=C3)cc1.O=C(O)C(F)(F)F. The molecule has 4 N–H and O–H groups in total. The number of hydrogen-bond acceptors (Lipinski definition) is 4. The van der Waals surface area contributed by atoms with Crippen molar-refractivity contribution >= 4 is 35.3 Å². The number of carboxylic acids is 2. The van der Waals surface area contributed by atoms with Crippen molar-refractivity contribution < 1.29 is 50.9 Å². The van der Waals surface area contributed by atoms with E-state index in [4.69, 9.17) is 37.1 Å². The van der Waals surface area contributed by atoms with Crippen LogP contribution in [0.15, 0.2) is 42.0 Å². The highest BCUT2D eigenvalue weighted by molar-refractivity contribution is 6.31. The number of nitrogen functional groups attached to an aromatic ring is 1. The summed E-state index contributed by atoms with van der Waals surface area (Å²) < 4.78 is 76.5. The lowest BCUT2D eigenvalue weighted by Gasteiger charge is -2.27. The zero-order valence-electron chi connectivity index (χ0n) is 16.5. The first kappa shape index (κ1) is 26.4. The molecular weight excluding hydrogens is 496 g/mol. The van der Waals surface area contributed by atoms with Crippen LogP contribution in [0.5, 0.6) is 5.75 Å². The van der Waals surface area contributed by atoms with Gasteiger partial charge in [0.15, 0.2) is 0 Å². The van der Waals surface area contributed by atoms with Gasteiger partial charge in [-0.05, 0) is 42.5 Å². The van der Waals surface area contributed by atoms with E-state index in [9.17, 15) is 31.1 Å². The van der Waals surface area contributed by atoms with E-state index in [1.54, 1.807) is 24.3 Å². The smallest absolute Gasteiger partial charge is 0.478 e. The molecule has 0 spiro atoms. The number of carboxylic acid groups (broad SMARTS) is 2. The van der Waals surface area contributed by atoms with Gasteiger partial charge in [-0.2, -0.15) is 26.3 Å². The number of fused-ring (bicyclic) bond motifs is 1. The van der Waals surface area contributed by atoms with Crippen molar-refractivity contribution in [3.8, 4) is 17.6 Å². The van der Waals surface area contributed by atoms with Gasteiger partial charge in [0, 0.05) is 21.8 Å². The minimum atomic E-state index is -5.08. The number of halogens is 7. The number of carbonyl (C=O) groups is 2. The van der Waals surface area contributed by atoms with Crippen molar-refractivity contribution in [2.75, 3.05) is 5.73 Å². The van der Waals surface area contributed by atoms with Gasteiger partial charge in [-0.3, -0.25) is 0 Å².